The summed E-state index contributed by atoms with van der Waals surface area (Å²) in [4.78, 5) is 37.8. The van der Waals surface area contributed by atoms with E-state index in [2.05, 4.69) is 20.8 Å². The van der Waals surface area contributed by atoms with Gasteiger partial charge < -0.3 is 14.6 Å². The Balaban J connectivity index is 1.50. The standard InChI is InChI=1S/C32H44O6/c1-19(10-13-28(35)37-4)23-11-12-24-29-25(31(2)15-14-22(33)16-21(31)17-26(29)34)18-27(32(23,24)3)38-30(36)20-8-6-5-7-9-20/h5-9,19,21,23-27,29,34H,10-18H2,1-4H3/t19-,21?,23-,24+,25+,26-,27+,29+,31+,32-/m1/s1. The summed E-state index contributed by atoms with van der Waals surface area (Å²) in [6.45, 7) is 6.83. The minimum absolute atomic E-state index is 0.0366. The third-order valence-electron chi connectivity index (χ3n) is 11.6. The molecular weight excluding hydrogens is 480 g/mol. The fourth-order valence-electron chi connectivity index (χ4n) is 9.51. The maximum Gasteiger partial charge on any atom is 0.338 e. The maximum absolute atomic E-state index is 13.4. The van der Waals surface area contributed by atoms with Gasteiger partial charge in [0, 0.05) is 24.7 Å². The van der Waals surface area contributed by atoms with E-state index in [0.717, 1.165) is 25.7 Å². The number of fused-ring (bicyclic) bond motifs is 5. The van der Waals surface area contributed by atoms with Crippen molar-refractivity contribution in [2.24, 2.45) is 46.3 Å². The Hall–Kier alpha value is -2.21. The van der Waals surface area contributed by atoms with Crippen LogP contribution in [-0.2, 0) is 19.1 Å². The van der Waals surface area contributed by atoms with Crippen molar-refractivity contribution in [3.63, 3.8) is 0 Å². The maximum atomic E-state index is 13.4. The Morgan fingerprint density at radius 1 is 1.11 bits per heavy atom. The summed E-state index contributed by atoms with van der Waals surface area (Å²) in [5.41, 5.74) is 0.222. The van der Waals surface area contributed by atoms with Crippen LogP contribution in [0, 0.1) is 46.3 Å². The smallest absolute Gasteiger partial charge is 0.338 e. The van der Waals surface area contributed by atoms with Crippen LogP contribution in [0.1, 0.15) is 88.9 Å². The molecule has 4 aliphatic carbocycles. The molecule has 10 atom stereocenters. The van der Waals surface area contributed by atoms with Gasteiger partial charge in [-0.05, 0) is 91.6 Å². The molecule has 1 aromatic rings. The number of carbonyl (C=O) groups is 3. The number of methoxy groups -OCH3 is 1. The number of benzene rings is 1. The van der Waals surface area contributed by atoms with Crippen LogP contribution in [0.2, 0.25) is 0 Å². The largest absolute Gasteiger partial charge is 0.469 e. The van der Waals surface area contributed by atoms with Gasteiger partial charge in [0.05, 0.1) is 18.8 Å². The summed E-state index contributed by atoms with van der Waals surface area (Å²) in [6.07, 6.45) is 5.80. The first-order chi connectivity index (χ1) is 18.1. The summed E-state index contributed by atoms with van der Waals surface area (Å²) in [5, 5.41) is 11.6. The highest BCUT2D eigenvalue weighted by Gasteiger charge is 2.66. The lowest BCUT2D eigenvalue weighted by atomic mass is 9.43. The average molecular weight is 525 g/mol. The van der Waals surface area contributed by atoms with Gasteiger partial charge in [0.1, 0.15) is 11.9 Å². The molecule has 1 N–H and O–H groups in total. The van der Waals surface area contributed by atoms with E-state index in [-0.39, 0.29) is 64.4 Å². The minimum Gasteiger partial charge on any atom is -0.469 e. The highest BCUT2D eigenvalue weighted by atomic mass is 16.5. The van der Waals surface area contributed by atoms with Gasteiger partial charge in [-0.2, -0.15) is 0 Å². The third-order valence-corrected chi connectivity index (χ3v) is 11.6. The number of aliphatic hydroxyl groups excluding tert-OH is 1. The molecule has 4 fully saturated rings. The summed E-state index contributed by atoms with van der Waals surface area (Å²) in [7, 11) is 1.43. The highest BCUT2D eigenvalue weighted by Crippen LogP contribution is 2.68. The molecule has 0 bridgehead atoms. The first-order valence-corrected chi connectivity index (χ1v) is 14.6. The number of ketones is 1. The van der Waals surface area contributed by atoms with E-state index in [1.807, 2.05) is 18.2 Å². The van der Waals surface area contributed by atoms with E-state index >= 15 is 0 Å². The Kier molecular flexibility index (Phi) is 7.49. The van der Waals surface area contributed by atoms with E-state index in [0.29, 0.717) is 43.5 Å². The first-order valence-electron chi connectivity index (χ1n) is 14.6. The summed E-state index contributed by atoms with van der Waals surface area (Å²) in [5.74, 6) is 1.12. The average Bonchev–Trinajstić information content (AvgIpc) is 3.27. The molecule has 208 valence electrons. The molecule has 38 heavy (non-hydrogen) atoms. The van der Waals surface area contributed by atoms with Gasteiger partial charge in [-0.15, -0.1) is 0 Å². The lowest BCUT2D eigenvalue weighted by Gasteiger charge is -2.63. The van der Waals surface area contributed by atoms with Crippen LogP contribution in [0.25, 0.3) is 0 Å². The van der Waals surface area contributed by atoms with Crippen LogP contribution < -0.4 is 0 Å². The molecule has 0 spiro atoms. The fourth-order valence-corrected chi connectivity index (χ4v) is 9.51. The van der Waals surface area contributed by atoms with E-state index in [1.54, 1.807) is 12.1 Å². The number of aliphatic hydroxyl groups is 1. The van der Waals surface area contributed by atoms with Crippen molar-refractivity contribution in [3.05, 3.63) is 35.9 Å². The number of hydrogen-bond acceptors (Lipinski definition) is 6. The third kappa shape index (κ3) is 4.51. The molecule has 0 aliphatic heterocycles. The van der Waals surface area contributed by atoms with E-state index < -0.39 is 6.10 Å². The SMILES string of the molecule is COC(=O)CC[C@@H](C)[C@H]1CC[C@H]2[C@@H]3[C@H](O)CC4CC(=O)CC[C@]4(C)[C@H]3C[C@H](OC(=O)c3ccccc3)[C@]12C. The molecule has 0 heterocycles. The lowest BCUT2D eigenvalue weighted by Crippen LogP contribution is -2.62. The monoisotopic (exact) mass is 524 g/mol. The van der Waals surface area contributed by atoms with Crippen molar-refractivity contribution < 1.29 is 29.0 Å². The number of carbonyl (C=O) groups excluding carboxylic acids is 3. The van der Waals surface area contributed by atoms with Gasteiger partial charge in [0.2, 0.25) is 0 Å². The number of rotatable bonds is 6. The van der Waals surface area contributed by atoms with Crippen LogP contribution in [-0.4, -0.2) is 42.1 Å². The molecular formula is C32H44O6. The van der Waals surface area contributed by atoms with Gasteiger partial charge in [0.25, 0.3) is 0 Å². The molecule has 4 saturated carbocycles. The first kappa shape index (κ1) is 27.4. The van der Waals surface area contributed by atoms with E-state index in [4.69, 9.17) is 9.47 Å². The number of esters is 2. The Morgan fingerprint density at radius 2 is 1.84 bits per heavy atom. The van der Waals surface area contributed by atoms with Crippen molar-refractivity contribution in [1.29, 1.82) is 0 Å². The number of ether oxygens (including phenoxy) is 2. The number of hydrogen-bond donors (Lipinski definition) is 1. The quantitative estimate of drug-likeness (QED) is 0.487. The Morgan fingerprint density at radius 3 is 2.55 bits per heavy atom. The van der Waals surface area contributed by atoms with Gasteiger partial charge in [-0.1, -0.05) is 39.0 Å². The van der Waals surface area contributed by atoms with Crippen molar-refractivity contribution in [2.75, 3.05) is 7.11 Å². The van der Waals surface area contributed by atoms with Crippen molar-refractivity contribution in [3.8, 4) is 0 Å². The Bertz CT molecular complexity index is 1050. The molecule has 6 nitrogen and oxygen atoms in total. The van der Waals surface area contributed by atoms with Crippen LogP contribution >= 0.6 is 0 Å². The predicted octanol–water partition coefficient (Wildman–Crippen LogP) is 5.61. The fraction of sp³-hybridized carbons (Fsp3) is 0.719. The molecule has 0 aromatic heterocycles. The van der Waals surface area contributed by atoms with Crippen molar-refractivity contribution >= 4 is 17.7 Å². The van der Waals surface area contributed by atoms with Crippen molar-refractivity contribution in [2.45, 2.75) is 90.8 Å². The number of Topliss-reactive ketones (excluding diaryl/α,β-unsaturated/α-hetero) is 1. The van der Waals surface area contributed by atoms with Crippen LogP contribution in [0.15, 0.2) is 30.3 Å². The topological polar surface area (TPSA) is 89.9 Å². The second kappa shape index (κ2) is 10.4. The second-order valence-corrected chi connectivity index (χ2v) is 13.2. The molecule has 6 heteroatoms. The van der Waals surface area contributed by atoms with Gasteiger partial charge in [-0.3, -0.25) is 9.59 Å². The normalized spacial score (nSPS) is 40.9. The zero-order valence-corrected chi connectivity index (χ0v) is 23.4. The second-order valence-electron chi connectivity index (χ2n) is 13.2. The molecule has 0 radical (unpaired) electrons. The van der Waals surface area contributed by atoms with Crippen LogP contribution in [0.4, 0.5) is 0 Å². The molecule has 1 aromatic carbocycles. The molecule has 1 unspecified atom stereocenters. The Labute approximate surface area is 226 Å². The van der Waals surface area contributed by atoms with Crippen LogP contribution in [0.3, 0.4) is 0 Å². The van der Waals surface area contributed by atoms with Gasteiger partial charge in [-0.25, -0.2) is 4.79 Å². The minimum atomic E-state index is -0.441. The zero-order chi connectivity index (χ0) is 27.2. The lowest BCUT2D eigenvalue weighted by molar-refractivity contribution is -0.201. The van der Waals surface area contributed by atoms with Gasteiger partial charge in [0.15, 0.2) is 0 Å². The molecule has 0 amide bonds. The molecule has 5 rings (SSSR count). The zero-order valence-electron chi connectivity index (χ0n) is 23.4. The van der Waals surface area contributed by atoms with Crippen LogP contribution in [0.5, 0.6) is 0 Å². The van der Waals surface area contributed by atoms with Gasteiger partial charge >= 0.3 is 11.9 Å². The summed E-state index contributed by atoms with van der Waals surface area (Å²) >= 11 is 0. The summed E-state index contributed by atoms with van der Waals surface area (Å²) in [6, 6.07) is 9.20. The molecule has 4 aliphatic rings. The molecule has 0 saturated heterocycles. The van der Waals surface area contributed by atoms with E-state index in [9.17, 15) is 19.5 Å². The van der Waals surface area contributed by atoms with E-state index in [1.165, 1.54) is 7.11 Å². The van der Waals surface area contributed by atoms with Crippen molar-refractivity contribution in [1.82, 2.24) is 0 Å². The summed E-state index contributed by atoms with van der Waals surface area (Å²) < 4.78 is 11.4. The predicted molar refractivity (Wildman–Crippen MR) is 143 cm³/mol. The highest BCUT2D eigenvalue weighted by molar-refractivity contribution is 5.89.